The van der Waals surface area contributed by atoms with E-state index in [1.54, 1.807) is 4.90 Å². The molecule has 2 heterocycles. The standard InChI is InChI=1S/C28H41N5O6S/c1-28(2)16-12-33(21(19(16)28)25(37)30-17(22(34)23(29)35)11-14-7-6-8-14)26(38)20(15-9-4-3-5-10-15)32-24(36)18-13-40-27(39)31-18/h14-21H,3-13H2,1-2H3,(H2,29,35)(H,30,37)(H,31,39)(H,32,36)/t16-,17?,18-,19?,20-,21-/m0/s1. The Morgan fingerprint density at radius 2 is 1.73 bits per heavy atom. The highest BCUT2D eigenvalue weighted by Gasteiger charge is 2.69. The second kappa shape index (κ2) is 11.3. The molecule has 0 radical (unpaired) electrons. The van der Waals surface area contributed by atoms with Gasteiger partial charge in [-0.25, -0.2) is 0 Å². The molecule has 2 saturated heterocycles. The van der Waals surface area contributed by atoms with Crippen LogP contribution in [0, 0.1) is 29.1 Å². The minimum absolute atomic E-state index is 0.0635. The van der Waals surface area contributed by atoms with Crippen molar-refractivity contribution in [1.82, 2.24) is 20.9 Å². The molecule has 5 fully saturated rings. The zero-order chi connectivity index (χ0) is 28.8. The van der Waals surface area contributed by atoms with Crippen LogP contribution in [0.4, 0.5) is 4.79 Å². The quantitative estimate of drug-likeness (QED) is 0.283. The second-order valence-corrected chi connectivity index (χ2v) is 13.9. The minimum Gasteiger partial charge on any atom is -0.363 e. The predicted octanol–water partition coefficient (Wildman–Crippen LogP) is 1.09. The van der Waals surface area contributed by atoms with Crippen LogP contribution in [-0.4, -0.2) is 76.0 Å². The number of hydrogen-bond acceptors (Lipinski definition) is 7. The molecule has 0 aromatic rings. The van der Waals surface area contributed by atoms with Crippen molar-refractivity contribution in [1.29, 1.82) is 0 Å². The van der Waals surface area contributed by atoms with Crippen LogP contribution < -0.4 is 21.7 Å². The lowest BCUT2D eigenvalue weighted by Gasteiger charge is -2.37. The van der Waals surface area contributed by atoms with Gasteiger partial charge in [0.05, 0.1) is 6.04 Å². The molecule has 5 aliphatic rings. The SMILES string of the molecule is CC1(C)C2[C@@H](C(=O)NC(CC3CCC3)C(=O)C(N)=O)N(C(=O)[C@@H](NC(=O)[C@@H]3CSC(=O)N3)C3CCCCC3)C[C@@H]21. The zero-order valence-electron chi connectivity index (χ0n) is 23.3. The molecule has 2 unspecified atom stereocenters. The number of amides is 5. The van der Waals surface area contributed by atoms with Crippen LogP contribution in [-0.2, 0) is 24.0 Å². The van der Waals surface area contributed by atoms with Crippen molar-refractivity contribution >= 4 is 46.4 Å². The largest absolute Gasteiger partial charge is 0.363 e. The van der Waals surface area contributed by atoms with Gasteiger partial charge in [0, 0.05) is 12.3 Å². The fraction of sp³-hybridized carbons (Fsp3) is 0.786. The Hall–Kier alpha value is -2.63. The summed E-state index contributed by atoms with van der Waals surface area (Å²) in [5, 5.41) is 8.13. The number of Topliss-reactive ketones (excluding diaryl/α,β-unsaturated/α-hetero) is 1. The summed E-state index contributed by atoms with van der Waals surface area (Å²) < 4.78 is 0. The first-order valence-electron chi connectivity index (χ1n) is 14.7. The first-order valence-corrected chi connectivity index (χ1v) is 15.7. The highest BCUT2D eigenvalue weighted by atomic mass is 32.2. The van der Waals surface area contributed by atoms with Crippen molar-refractivity contribution in [2.45, 2.75) is 95.8 Å². The Balaban J connectivity index is 1.36. The lowest BCUT2D eigenvalue weighted by atomic mass is 9.80. The molecule has 0 spiro atoms. The zero-order valence-corrected chi connectivity index (χ0v) is 24.1. The van der Waals surface area contributed by atoms with Gasteiger partial charge < -0.3 is 26.6 Å². The summed E-state index contributed by atoms with van der Waals surface area (Å²) in [5.74, 6) is -2.49. The smallest absolute Gasteiger partial charge is 0.287 e. The lowest BCUT2D eigenvalue weighted by molar-refractivity contribution is -0.146. The minimum atomic E-state index is -1.08. The fourth-order valence-electron chi connectivity index (χ4n) is 7.34. The number of rotatable bonds is 10. The summed E-state index contributed by atoms with van der Waals surface area (Å²) in [6.07, 6.45) is 7.86. The molecule has 6 atom stereocenters. The van der Waals surface area contributed by atoms with Gasteiger partial charge in [0.2, 0.25) is 23.5 Å². The number of nitrogens with two attached hydrogens (primary N) is 1. The Morgan fingerprint density at radius 1 is 1.02 bits per heavy atom. The molecule has 220 valence electrons. The van der Waals surface area contributed by atoms with Gasteiger partial charge in [0.25, 0.3) is 11.1 Å². The Kier molecular flexibility index (Phi) is 8.18. The van der Waals surface area contributed by atoms with Crippen LogP contribution in [0.3, 0.4) is 0 Å². The Bertz CT molecular complexity index is 1090. The van der Waals surface area contributed by atoms with E-state index >= 15 is 0 Å². The van der Waals surface area contributed by atoms with Gasteiger partial charge in [-0.15, -0.1) is 0 Å². The molecule has 11 nitrogen and oxygen atoms in total. The summed E-state index contributed by atoms with van der Waals surface area (Å²) >= 11 is 1.04. The molecule has 3 saturated carbocycles. The van der Waals surface area contributed by atoms with Crippen molar-refractivity contribution in [3.63, 3.8) is 0 Å². The van der Waals surface area contributed by atoms with E-state index in [-0.39, 0.29) is 46.1 Å². The molecule has 3 aliphatic carbocycles. The number of nitrogens with one attached hydrogen (secondary N) is 3. The van der Waals surface area contributed by atoms with Crippen molar-refractivity contribution in [3.05, 3.63) is 0 Å². The summed E-state index contributed by atoms with van der Waals surface area (Å²) in [4.78, 5) is 78.8. The first kappa shape index (κ1) is 28.9. The number of primary amides is 1. The summed E-state index contributed by atoms with van der Waals surface area (Å²) in [6, 6.07) is -3.31. The number of piperidine rings is 1. The van der Waals surface area contributed by atoms with Crippen molar-refractivity contribution in [2.24, 2.45) is 34.8 Å². The third-order valence-electron chi connectivity index (χ3n) is 10.1. The number of hydrogen-bond donors (Lipinski definition) is 4. The van der Waals surface area contributed by atoms with E-state index in [1.807, 2.05) is 0 Å². The lowest BCUT2D eigenvalue weighted by Crippen LogP contribution is -2.61. The number of carbonyl (C=O) groups excluding carboxylic acids is 6. The van der Waals surface area contributed by atoms with E-state index in [0.29, 0.717) is 18.7 Å². The highest BCUT2D eigenvalue weighted by molar-refractivity contribution is 8.14. The molecule has 5 N–H and O–H groups in total. The summed E-state index contributed by atoms with van der Waals surface area (Å²) in [7, 11) is 0. The molecule has 2 aliphatic heterocycles. The average molecular weight is 576 g/mol. The van der Waals surface area contributed by atoms with Crippen LogP contribution >= 0.6 is 11.8 Å². The maximum absolute atomic E-state index is 14.2. The van der Waals surface area contributed by atoms with Crippen LogP contribution in [0.5, 0.6) is 0 Å². The monoisotopic (exact) mass is 575 g/mol. The van der Waals surface area contributed by atoms with E-state index in [0.717, 1.165) is 63.1 Å². The van der Waals surface area contributed by atoms with Crippen molar-refractivity contribution < 1.29 is 28.8 Å². The average Bonchev–Trinajstić information content (AvgIpc) is 3.28. The second-order valence-electron chi connectivity index (χ2n) is 12.9. The van der Waals surface area contributed by atoms with E-state index in [2.05, 4.69) is 29.8 Å². The summed E-state index contributed by atoms with van der Waals surface area (Å²) in [6.45, 7) is 4.54. The molecular weight excluding hydrogens is 534 g/mol. The van der Waals surface area contributed by atoms with E-state index in [4.69, 9.17) is 5.73 Å². The topological polar surface area (TPSA) is 168 Å². The van der Waals surface area contributed by atoms with Crippen LogP contribution in [0.25, 0.3) is 0 Å². The van der Waals surface area contributed by atoms with Gasteiger partial charge in [-0.3, -0.25) is 28.8 Å². The number of nitrogens with zero attached hydrogens (tertiary/aromatic N) is 1. The van der Waals surface area contributed by atoms with Crippen molar-refractivity contribution in [2.75, 3.05) is 12.3 Å². The first-order chi connectivity index (χ1) is 19.0. The third-order valence-corrected chi connectivity index (χ3v) is 11.0. The fourth-order valence-corrected chi connectivity index (χ4v) is 8.12. The van der Waals surface area contributed by atoms with Crippen LogP contribution in [0.2, 0.25) is 0 Å². The van der Waals surface area contributed by atoms with Gasteiger partial charge >= 0.3 is 0 Å². The highest BCUT2D eigenvalue weighted by Crippen LogP contribution is 2.65. The third kappa shape index (κ3) is 5.60. The normalized spacial score (nSPS) is 30.9. The van der Waals surface area contributed by atoms with Gasteiger partial charge in [-0.05, 0) is 48.3 Å². The van der Waals surface area contributed by atoms with Gasteiger partial charge in [-0.1, -0.05) is 64.1 Å². The molecular formula is C28H41N5O6S. The molecule has 0 bridgehead atoms. The summed E-state index contributed by atoms with van der Waals surface area (Å²) in [5.41, 5.74) is 5.16. The van der Waals surface area contributed by atoms with Gasteiger partial charge in [0.15, 0.2) is 0 Å². The Labute approximate surface area is 238 Å². The number of fused-ring (bicyclic) bond motifs is 1. The molecule has 0 aromatic heterocycles. The maximum atomic E-state index is 14.2. The van der Waals surface area contributed by atoms with E-state index in [9.17, 15) is 28.8 Å². The van der Waals surface area contributed by atoms with E-state index < -0.39 is 41.8 Å². The maximum Gasteiger partial charge on any atom is 0.287 e. The predicted molar refractivity (Wildman–Crippen MR) is 148 cm³/mol. The van der Waals surface area contributed by atoms with Crippen molar-refractivity contribution in [3.8, 4) is 0 Å². The Morgan fingerprint density at radius 3 is 2.30 bits per heavy atom. The van der Waals surface area contributed by atoms with Crippen LogP contribution in [0.1, 0.15) is 71.6 Å². The molecule has 5 rings (SSSR count). The number of carbonyl (C=O) groups is 6. The molecule has 40 heavy (non-hydrogen) atoms. The van der Waals surface area contributed by atoms with E-state index in [1.165, 1.54) is 0 Å². The van der Waals surface area contributed by atoms with Crippen LogP contribution in [0.15, 0.2) is 0 Å². The molecule has 12 heteroatoms. The van der Waals surface area contributed by atoms with Gasteiger partial charge in [0.1, 0.15) is 18.1 Å². The number of ketones is 1. The molecule has 0 aromatic carbocycles. The van der Waals surface area contributed by atoms with Gasteiger partial charge in [-0.2, -0.15) is 0 Å². The number of likely N-dealkylation sites (tertiary alicyclic amines) is 1. The number of thioether (sulfide) groups is 1. The molecule has 5 amide bonds.